The normalized spacial score (nSPS) is 25.9. The fourth-order valence-electron chi connectivity index (χ4n) is 10.8. The molecule has 5 aliphatic heterocycles. The third kappa shape index (κ3) is 6.70. The predicted molar refractivity (Wildman–Crippen MR) is 221 cm³/mol. The number of imide groups is 2. The molecule has 0 spiro atoms. The van der Waals surface area contributed by atoms with Crippen molar-refractivity contribution in [3.63, 3.8) is 0 Å². The van der Waals surface area contributed by atoms with Gasteiger partial charge in [-0.15, -0.1) is 0 Å². The summed E-state index contributed by atoms with van der Waals surface area (Å²) >= 11 is 6.25. The topological polar surface area (TPSA) is 172 Å². The predicted octanol–water partition coefficient (Wildman–Crippen LogP) is 4.85. The molecule has 3 aromatic rings. The van der Waals surface area contributed by atoms with E-state index in [1.165, 1.54) is 0 Å². The molecule has 6 heterocycles. The fourth-order valence-corrected chi connectivity index (χ4v) is 11.1. The lowest BCUT2D eigenvalue weighted by molar-refractivity contribution is -0.164. The number of carbonyl (C=O) groups excluding carboxylic acids is 5. The van der Waals surface area contributed by atoms with Crippen LogP contribution in [0.25, 0.3) is 0 Å². The van der Waals surface area contributed by atoms with Gasteiger partial charge < -0.3 is 19.9 Å². The van der Waals surface area contributed by atoms with E-state index in [1.807, 2.05) is 18.2 Å². The molecule has 5 fully saturated rings. The number of benzene rings is 2. The van der Waals surface area contributed by atoms with Gasteiger partial charge in [0.15, 0.2) is 0 Å². The highest BCUT2D eigenvalue weighted by Crippen LogP contribution is 2.55. The van der Waals surface area contributed by atoms with E-state index in [0.717, 1.165) is 73.5 Å². The largest absolute Gasteiger partial charge is 0.489 e. The van der Waals surface area contributed by atoms with E-state index in [0.29, 0.717) is 39.9 Å². The molecule has 6 aliphatic rings. The molecule has 1 aromatic heterocycles. The molecule has 9 rings (SSSR count). The Labute approximate surface area is 353 Å². The average Bonchev–Trinajstić information content (AvgIpc) is 3.90. The van der Waals surface area contributed by atoms with Gasteiger partial charge in [0.1, 0.15) is 23.7 Å². The maximum atomic E-state index is 13.5. The molecule has 2 N–H and O–H groups in total. The highest BCUT2D eigenvalue weighted by atomic mass is 35.5. The number of urea groups is 1. The number of piperazine rings is 1. The van der Waals surface area contributed by atoms with E-state index in [2.05, 4.69) is 59.1 Å². The van der Waals surface area contributed by atoms with Crippen molar-refractivity contribution in [1.82, 2.24) is 30.5 Å². The third-order valence-corrected chi connectivity index (χ3v) is 14.0. The van der Waals surface area contributed by atoms with Gasteiger partial charge in [0.2, 0.25) is 5.91 Å². The number of ether oxygens (including phenoxy) is 1. The number of amides is 6. The monoisotopic (exact) mass is 833 g/mol. The number of nitrogens with one attached hydrogen (secondary N) is 2. The van der Waals surface area contributed by atoms with Crippen LogP contribution in [0.3, 0.4) is 0 Å². The first kappa shape index (κ1) is 39.7. The number of halogens is 1. The van der Waals surface area contributed by atoms with Crippen molar-refractivity contribution < 1.29 is 28.7 Å². The second-order valence-corrected chi connectivity index (χ2v) is 18.6. The van der Waals surface area contributed by atoms with Crippen molar-refractivity contribution in [2.24, 2.45) is 16.7 Å². The van der Waals surface area contributed by atoms with E-state index in [9.17, 15) is 29.2 Å². The number of hydrazine groups is 1. The number of aromatic nitrogens is 1. The van der Waals surface area contributed by atoms with E-state index >= 15 is 0 Å². The Morgan fingerprint density at radius 2 is 1.70 bits per heavy atom. The lowest BCUT2D eigenvalue weighted by Crippen LogP contribution is -2.74. The van der Waals surface area contributed by atoms with Crippen molar-refractivity contribution in [2.75, 3.05) is 49.1 Å². The Morgan fingerprint density at radius 3 is 2.35 bits per heavy atom. The molecule has 2 aromatic carbocycles. The first-order valence-electron chi connectivity index (χ1n) is 20.7. The second kappa shape index (κ2) is 14.8. The van der Waals surface area contributed by atoms with E-state index in [-0.39, 0.29) is 53.0 Å². The lowest BCUT2D eigenvalue weighted by Gasteiger charge is -2.63. The summed E-state index contributed by atoms with van der Waals surface area (Å²) in [5.74, 6) is 0.295. The zero-order valence-electron chi connectivity index (χ0n) is 34.1. The van der Waals surface area contributed by atoms with E-state index in [4.69, 9.17) is 21.3 Å². The fraction of sp³-hybridized carbons (Fsp3) is 0.477. The molecule has 0 unspecified atom stereocenters. The Morgan fingerprint density at radius 1 is 0.950 bits per heavy atom. The van der Waals surface area contributed by atoms with Gasteiger partial charge in [0, 0.05) is 86.1 Å². The number of hydrogen-bond acceptors (Lipinski definition) is 11. The Bertz CT molecular complexity index is 2320. The molecule has 2 bridgehead atoms. The van der Waals surface area contributed by atoms with Crippen LogP contribution in [0.15, 0.2) is 54.7 Å². The van der Waals surface area contributed by atoms with Crippen LogP contribution in [-0.2, 0) is 4.79 Å². The molecular formula is C44H48ClN9O6. The molecule has 1 aliphatic carbocycles. The van der Waals surface area contributed by atoms with Gasteiger partial charge in [-0.25, -0.2) is 14.8 Å². The van der Waals surface area contributed by atoms with Crippen molar-refractivity contribution in [3.05, 3.63) is 82.0 Å². The maximum Gasteiger partial charge on any atom is 0.343 e. The number of piperidine rings is 1. The highest BCUT2D eigenvalue weighted by Gasteiger charge is 2.64. The summed E-state index contributed by atoms with van der Waals surface area (Å²) < 4.78 is 6.38. The molecular weight excluding hydrogens is 786 g/mol. The summed E-state index contributed by atoms with van der Waals surface area (Å²) in [6.45, 7) is 12.9. The van der Waals surface area contributed by atoms with Gasteiger partial charge >= 0.3 is 6.03 Å². The van der Waals surface area contributed by atoms with Gasteiger partial charge in [-0.05, 0) is 67.6 Å². The van der Waals surface area contributed by atoms with Crippen LogP contribution >= 0.6 is 11.6 Å². The quantitative estimate of drug-likeness (QED) is 0.283. The molecule has 4 saturated heterocycles. The number of rotatable bonds is 9. The summed E-state index contributed by atoms with van der Waals surface area (Å²) in [5, 5.41) is 16.9. The molecule has 2 atom stereocenters. The van der Waals surface area contributed by atoms with Crippen molar-refractivity contribution in [2.45, 2.75) is 77.6 Å². The number of hydrogen-bond donors (Lipinski definition) is 2. The first-order valence-corrected chi connectivity index (χ1v) is 21.0. The molecule has 15 nitrogen and oxygen atoms in total. The van der Waals surface area contributed by atoms with Crippen LogP contribution in [0.1, 0.15) is 90.0 Å². The van der Waals surface area contributed by atoms with Crippen LogP contribution in [0.4, 0.5) is 16.3 Å². The number of anilines is 2. The average molecular weight is 834 g/mol. The third-order valence-electron chi connectivity index (χ3n) is 13.7. The zero-order valence-corrected chi connectivity index (χ0v) is 34.9. The van der Waals surface area contributed by atoms with E-state index in [1.54, 1.807) is 36.5 Å². The van der Waals surface area contributed by atoms with E-state index < -0.39 is 23.8 Å². The van der Waals surface area contributed by atoms with Crippen LogP contribution in [0.5, 0.6) is 5.75 Å². The van der Waals surface area contributed by atoms with Crippen LogP contribution in [0, 0.1) is 28.1 Å². The Balaban J connectivity index is 0.747. The van der Waals surface area contributed by atoms with Crippen molar-refractivity contribution >= 4 is 52.8 Å². The SMILES string of the molecule is CC1(C)C(NC(=O)c2ccc(N3CCC(CN4C[C@H]5C[C@@H]4CN5c4ccc5c(c4)C(=O)N(N4CCC(=O)NC4=O)C5=O)CC3)nc2)C(C)(C)C1Oc1ccc(C#N)c(Cl)c1. The summed E-state index contributed by atoms with van der Waals surface area (Å²) in [4.78, 5) is 76.0. The summed E-state index contributed by atoms with van der Waals surface area (Å²) in [6.07, 6.45) is 4.62. The lowest BCUT2D eigenvalue weighted by atomic mass is 9.49. The standard InChI is InChI=1S/C44H48ClN9O6/c1-43(2)40(44(3,4)41(43)60-31-8-5-26(20-46)34(45)19-31)49-37(56)27-6-10-35(47-21-27)50-14-11-25(12-15-50)22-51-23-30-17-29(51)24-52(30)28-7-9-32-33(18-28)39(58)54(38(32)57)53-16-13-36(55)48-42(53)59/h5-10,18-19,21,25,29-30,40-41H,11-17,22-24H2,1-4H3,(H,49,56)(H,48,55,59)/t29-,30-,40?,41?/m1/s1. The van der Waals surface area contributed by atoms with Crippen LogP contribution < -0.4 is 25.2 Å². The smallest absolute Gasteiger partial charge is 0.343 e. The molecule has 312 valence electrons. The Hall–Kier alpha value is -5.72. The zero-order chi connectivity index (χ0) is 42.2. The summed E-state index contributed by atoms with van der Waals surface area (Å²) in [5.41, 5.74) is 1.58. The van der Waals surface area contributed by atoms with Gasteiger partial charge in [-0.3, -0.25) is 29.4 Å². The molecule has 1 saturated carbocycles. The number of fused-ring (bicyclic) bond motifs is 3. The number of nitrogens with zero attached hydrogens (tertiary/aromatic N) is 7. The van der Waals surface area contributed by atoms with Crippen LogP contribution in [-0.4, -0.2) is 113 Å². The Kier molecular flexibility index (Phi) is 9.78. The number of carbonyl (C=O) groups is 5. The highest BCUT2D eigenvalue weighted by molar-refractivity contribution is 6.31. The first-order chi connectivity index (χ1) is 28.6. The minimum Gasteiger partial charge on any atom is -0.489 e. The number of pyridine rings is 1. The second-order valence-electron chi connectivity index (χ2n) is 18.2. The number of likely N-dealkylation sites (tertiary alicyclic amines) is 1. The summed E-state index contributed by atoms with van der Waals surface area (Å²) in [6, 6.07) is 16.0. The van der Waals surface area contributed by atoms with Gasteiger partial charge in [0.25, 0.3) is 17.7 Å². The number of nitriles is 1. The molecule has 6 amide bonds. The van der Waals surface area contributed by atoms with Gasteiger partial charge in [0.05, 0.1) is 33.8 Å². The molecule has 60 heavy (non-hydrogen) atoms. The van der Waals surface area contributed by atoms with Gasteiger partial charge in [-0.2, -0.15) is 10.3 Å². The van der Waals surface area contributed by atoms with Gasteiger partial charge in [-0.1, -0.05) is 39.3 Å². The minimum atomic E-state index is -0.773. The molecule has 16 heteroatoms. The summed E-state index contributed by atoms with van der Waals surface area (Å²) in [7, 11) is 0. The molecule has 0 radical (unpaired) electrons. The van der Waals surface area contributed by atoms with Crippen molar-refractivity contribution in [1.29, 1.82) is 5.26 Å². The minimum absolute atomic E-state index is 0.0164. The van der Waals surface area contributed by atoms with Crippen LogP contribution in [0.2, 0.25) is 5.02 Å². The van der Waals surface area contributed by atoms with Crippen molar-refractivity contribution in [3.8, 4) is 11.8 Å². The maximum absolute atomic E-state index is 13.5.